The lowest BCUT2D eigenvalue weighted by Crippen LogP contribution is -2.39. The van der Waals surface area contributed by atoms with Crippen molar-refractivity contribution in [2.24, 2.45) is 0 Å². The average molecular weight is 280 g/mol. The second-order valence-corrected chi connectivity index (χ2v) is 4.91. The van der Waals surface area contributed by atoms with Crippen LogP contribution in [0.4, 0.5) is 4.39 Å². The zero-order chi connectivity index (χ0) is 14.7. The van der Waals surface area contributed by atoms with Crippen LogP contribution in [0.1, 0.15) is 23.2 Å². The van der Waals surface area contributed by atoms with Gasteiger partial charge in [-0.05, 0) is 31.0 Å². The lowest BCUT2D eigenvalue weighted by atomic mass is 10.1. The summed E-state index contributed by atoms with van der Waals surface area (Å²) in [4.78, 5) is 26.9. The normalized spacial score (nSPS) is 14.4. The molecule has 0 aromatic heterocycles. The van der Waals surface area contributed by atoms with Gasteiger partial charge in [0.25, 0.3) is 5.91 Å². The van der Waals surface area contributed by atoms with Gasteiger partial charge in [-0.1, -0.05) is 0 Å². The number of amides is 2. The fourth-order valence-electron chi connectivity index (χ4n) is 2.23. The number of carbonyl (C=O) groups is 2. The Morgan fingerprint density at radius 2 is 2.00 bits per heavy atom. The van der Waals surface area contributed by atoms with Crippen molar-refractivity contribution in [1.29, 1.82) is 0 Å². The van der Waals surface area contributed by atoms with E-state index in [0.717, 1.165) is 31.0 Å². The van der Waals surface area contributed by atoms with Gasteiger partial charge < -0.3 is 14.9 Å². The number of benzene rings is 1. The molecular weight excluding hydrogens is 263 g/mol. The van der Waals surface area contributed by atoms with Gasteiger partial charge in [0.05, 0.1) is 12.1 Å². The van der Waals surface area contributed by atoms with Crippen LogP contribution in [0.25, 0.3) is 0 Å². The van der Waals surface area contributed by atoms with Crippen LogP contribution in [0.3, 0.4) is 0 Å². The number of halogens is 1. The number of rotatable bonds is 3. The Kier molecular flexibility index (Phi) is 4.22. The third kappa shape index (κ3) is 3.07. The Morgan fingerprint density at radius 3 is 2.65 bits per heavy atom. The first kappa shape index (κ1) is 14.3. The van der Waals surface area contributed by atoms with E-state index < -0.39 is 11.7 Å². The van der Waals surface area contributed by atoms with Crippen molar-refractivity contribution in [3.8, 4) is 5.75 Å². The molecule has 0 radical (unpaired) electrons. The number of likely N-dealkylation sites (N-methyl/N-ethyl adjacent to an activating group) is 1. The van der Waals surface area contributed by atoms with Gasteiger partial charge in [0.15, 0.2) is 0 Å². The molecular formula is C14H17FN2O3. The molecule has 1 aromatic carbocycles. The molecule has 6 heteroatoms. The summed E-state index contributed by atoms with van der Waals surface area (Å²) in [6.45, 7) is 1.35. The number of hydrogen-bond acceptors (Lipinski definition) is 3. The molecule has 1 aliphatic rings. The van der Waals surface area contributed by atoms with Crippen molar-refractivity contribution in [2.45, 2.75) is 12.8 Å². The third-order valence-corrected chi connectivity index (χ3v) is 3.37. The van der Waals surface area contributed by atoms with E-state index in [4.69, 9.17) is 0 Å². The number of nitrogens with zero attached hydrogens (tertiary/aromatic N) is 2. The number of hydrogen-bond donors (Lipinski definition) is 1. The summed E-state index contributed by atoms with van der Waals surface area (Å²) >= 11 is 0. The maximum Gasteiger partial charge on any atom is 0.257 e. The van der Waals surface area contributed by atoms with Crippen molar-refractivity contribution in [1.82, 2.24) is 9.80 Å². The highest BCUT2D eigenvalue weighted by Gasteiger charge is 2.23. The summed E-state index contributed by atoms with van der Waals surface area (Å²) in [6.07, 6.45) is 1.96. The summed E-state index contributed by atoms with van der Waals surface area (Å²) < 4.78 is 13.1. The molecule has 1 aromatic rings. The topological polar surface area (TPSA) is 60.9 Å². The fraction of sp³-hybridized carbons (Fsp3) is 0.429. The molecule has 108 valence electrons. The van der Waals surface area contributed by atoms with E-state index in [1.54, 1.807) is 4.90 Å². The Bertz CT molecular complexity index is 527. The number of phenolic OH excluding ortho intramolecular Hbond substituents is 1. The number of likely N-dealkylation sites (tertiary alicyclic amines) is 1. The van der Waals surface area contributed by atoms with Gasteiger partial charge in [-0.3, -0.25) is 9.59 Å². The van der Waals surface area contributed by atoms with Crippen LogP contribution < -0.4 is 0 Å². The third-order valence-electron chi connectivity index (χ3n) is 3.37. The van der Waals surface area contributed by atoms with Crippen LogP contribution in [-0.2, 0) is 4.79 Å². The maximum absolute atomic E-state index is 13.1. The Hall–Kier alpha value is -2.11. The second kappa shape index (κ2) is 5.90. The van der Waals surface area contributed by atoms with Gasteiger partial charge >= 0.3 is 0 Å². The van der Waals surface area contributed by atoms with Crippen LogP contribution in [0, 0.1) is 5.82 Å². The molecule has 1 aliphatic heterocycles. The number of aromatic hydroxyl groups is 1. The van der Waals surface area contributed by atoms with Gasteiger partial charge in [0.2, 0.25) is 5.91 Å². The van der Waals surface area contributed by atoms with Crippen molar-refractivity contribution >= 4 is 11.8 Å². The van der Waals surface area contributed by atoms with Crippen LogP contribution in [0.15, 0.2) is 18.2 Å². The van der Waals surface area contributed by atoms with E-state index in [0.29, 0.717) is 13.1 Å². The van der Waals surface area contributed by atoms with E-state index >= 15 is 0 Å². The van der Waals surface area contributed by atoms with Crippen LogP contribution in [0.2, 0.25) is 0 Å². The summed E-state index contributed by atoms with van der Waals surface area (Å²) in [6, 6.07) is 3.16. The molecule has 0 atom stereocenters. The van der Waals surface area contributed by atoms with Crippen molar-refractivity contribution in [2.75, 3.05) is 26.7 Å². The van der Waals surface area contributed by atoms with Crippen LogP contribution in [0.5, 0.6) is 5.75 Å². The Balaban J connectivity index is 2.04. The maximum atomic E-state index is 13.1. The van der Waals surface area contributed by atoms with Gasteiger partial charge in [0, 0.05) is 20.1 Å². The minimum Gasteiger partial charge on any atom is -0.507 e. The van der Waals surface area contributed by atoms with Gasteiger partial charge in [-0.15, -0.1) is 0 Å². The largest absolute Gasteiger partial charge is 0.507 e. The molecule has 1 fully saturated rings. The minimum atomic E-state index is -0.606. The molecule has 1 heterocycles. The summed E-state index contributed by atoms with van der Waals surface area (Å²) in [5.74, 6) is -1.61. The molecule has 0 unspecified atom stereocenters. The second-order valence-electron chi connectivity index (χ2n) is 4.91. The van der Waals surface area contributed by atoms with Crippen LogP contribution in [-0.4, -0.2) is 53.4 Å². The van der Waals surface area contributed by atoms with E-state index in [1.807, 2.05) is 0 Å². The molecule has 2 rings (SSSR count). The van der Waals surface area contributed by atoms with E-state index in [1.165, 1.54) is 11.9 Å². The zero-order valence-electron chi connectivity index (χ0n) is 11.3. The minimum absolute atomic E-state index is 0.0746. The van der Waals surface area contributed by atoms with Gasteiger partial charge in [0.1, 0.15) is 11.6 Å². The van der Waals surface area contributed by atoms with Crippen LogP contribution >= 0.6 is 0 Å². The lowest BCUT2D eigenvalue weighted by Gasteiger charge is -2.21. The van der Waals surface area contributed by atoms with Gasteiger partial charge in [-0.25, -0.2) is 4.39 Å². The number of carbonyl (C=O) groups excluding carboxylic acids is 2. The van der Waals surface area contributed by atoms with Gasteiger partial charge in [-0.2, -0.15) is 0 Å². The predicted octanol–water partition coefficient (Wildman–Crippen LogP) is 1.23. The Labute approximate surface area is 116 Å². The molecule has 0 saturated carbocycles. The molecule has 1 saturated heterocycles. The molecule has 2 amide bonds. The van der Waals surface area contributed by atoms with E-state index in [-0.39, 0.29) is 23.8 Å². The summed E-state index contributed by atoms with van der Waals surface area (Å²) in [7, 11) is 1.46. The van der Waals surface area contributed by atoms with Crippen molar-refractivity contribution < 1.29 is 19.1 Å². The fourth-order valence-corrected chi connectivity index (χ4v) is 2.23. The molecule has 0 aliphatic carbocycles. The SMILES string of the molecule is CN(CC(=O)N1CCCC1)C(=O)c1cc(F)ccc1O. The first-order chi connectivity index (χ1) is 9.49. The monoisotopic (exact) mass is 280 g/mol. The predicted molar refractivity (Wildman–Crippen MR) is 70.8 cm³/mol. The molecule has 0 bridgehead atoms. The first-order valence-electron chi connectivity index (χ1n) is 6.51. The van der Waals surface area contributed by atoms with Crippen molar-refractivity contribution in [3.05, 3.63) is 29.6 Å². The average Bonchev–Trinajstić information content (AvgIpc) is 2.94. The molecule has 20 heavy (non-hydrogen) atoms. The molecule has 0 spiro atoms. The smallest absolute Gasteiger partial charge is 0.257 e. The highest BCUT2D eigenvalue weighted by Crippen LogP contribution is 2.19. The lowest BCUT2D eigenvalue weighted by molar-refractivity contribution is -0.130. The summed E-state index contributed by atoms with van der Waals surface area (Å²) in [5, 5.41) is 9.59. The highest BCUT2D eigenvalue weighted by molar-refractivity contribution is 5.98. The number of phenols is 1. The molecule has 1 N–H and O–H groups in total. The van der Waals surface area contributed by atoms with E-state index in [9.17, 15) is 19.1 Å². The zero-order valence-corrected chi connectivity index (χ0v) is 11.3. The summed E-state index contributed by atoms with van der Waals surface area (Å²) in [5.41, 5.74) is -0.137. The highest BCUT2D eigenvalue weighted by atomic mass is 19.1. The Morgan fingerprint density at radius 1 is 1.35 bits per heavy atom. The standard InChI is InChI=1S/C14H17FN2O3/c1-16(9-13(19)17-6-2-3-7-17)14(20)11-8-10(15)4-5-12(11)18/h4-5,8,18H,2-3,6-7,9H2,1H3. The first-order valence-corrected chi connectivity index (χ1v) is 6.51. The quantitative estimate of drug-likeness (QED) is 0.905. The van der Waals surface area contributed by atoms with Crippen molar-refractivity contribution in [3.63, 3.8) is 0 Å². The molecule has 5 nitrogen and oxygen atoms in total. The van der Waals surface area contributed by atoms with E-state index in [2.05, 4.69) is 0 Å².